The zero-order valence-electron chi connectivity index (χ0n) is 16.5. The summed E-state index contributed by atoms with van der Waals surface area (Å²) in [5, 5.41) is 3.00. The minimum Gasteiger partial charge on any atom is -0.465 e. The van der Waals surface area contributed by atoms with Crippen molar-refractivity contribution in [3.8, 4) is 0 Å². The van der Waals surface area contributed by atoms with E-state index in [1.54, 1.807) is 12.1 Å². The van der Waals surface area contributed by atoms with Crippen LogP contribution < -0.4 is 10.2 Å². The van der Waals surface area contributed by atoms with E-state index in [9.17, 15) is 9.59 Å². The van der Waals surface area contributed by atoms with Gasteiger partial charge in [0.25, 0.3) is 0 Å². The Bertz CT molecular complexity index is 815. The van der Waals surface area contributed by atoms with Crippen LogP contribution in [0.25, 0.3) is 0 Å². The van der Waals surface area contributed by atoms with Crippen molar-refractivity contribution in [2.24, 2.45) is 0 Å². The highest BCUT2D eigenvalue weighted by atomic mass is 16.5. The molecule has 28 heavy (non-hydrogen) atoms. The second-order valence-corrected chi connectivity index (χ2v) is 6.86. The van der Waals surface area contributed by atoms with Gasteiger partial charge in [-0.3, -0.25) is 4.79 Å². The van der Waals surface area contributed by atoms with Gasteiger partial charge in [0, 0.05) is 26.2 Å². The molecule has 1 fully saturated rings. The van der Waals surface area contributed by atoms with E-state index >= 15 is 0 Å². The Morgan fingerprint density at radius 1 is 1.04 bits per heavy atom. The van der Waals surface area contributed by atoms with Crippen molar-refractivity contribution < 1.29 is 14.3 Å². The third-order valence-corrected chi connectivity index (χ3v) is 5.06. The van der Waals surface area contributed by atoms with Crippen molar-refractivity contribution in [1.82, 2.24) is 4.90 Å². The number of esters is 1. The maximum Gasteiger partial charge on any atom is 0.337 e. The van der Waals surface area contributed by atoms with Crippen molar-refractivity contribution in [3.63, 3.8) is 0 Å². The molecule has 1 heterocycles. The second-order valence-electron chi connectivity index (χ2n) is 6.86. The first-order chi connectivity index (χ1) is 13.6. The molecule has 2 aromatic rings. The minimum absolute atomic E-state index is 0.110. The number of benzene rings is 2. The lowest BCUT2D eigenvalue weighted by atomic mass is 10.1. The summed E-state index contributed by atoms with van der Waals surface area (Å²) in [5.41, 5.74) is 2.95. The standard InChI is InChI=1S/C22H27N3O3/c1-3-24-11-13-25(14-12-24)20-10-9-18(22(27)28-2)16-19(20)23-21(26)15-17-7-5-4-6-8-17/h4-10,16H,3,11-15H2,1-2H3,(H,23,26). The number of nitrogens with one attached hydrogen (secondary N) is 1. The van der Waals surface area contributed by atoms with Crippen molar-refractivity contribution in [1.29, 1.82) is 0 Å². The Balaban J connectivity index is 1.81. The van der Waals surface area contributed by atoms with Crippen LogP contribution in [0.1, 0.15) is 22.8 Å². The third-order valence-electron chi connectivity index (χ3n) is 5.06. The van der Waals surface area contributed by atoms with E-state index in [0.717, 1.165) is 44.0 Å². The number of likely N-dealkylation sites (N-methyl/N-ethyl adjacent to an activating group) is 1. The van der Waals surface area contributed by atoms with Crippen molar-refractivity contribution in [2.45, 2.75) is 13.3 Å². The number of anilines is 2. The lowest BCUT2D eigenvalue weighted by Crippen LogP contribution is -2.46. The van der Waals surface area contributed by atoms with Gasteiger partial charge in [0.2, 0.25) is 5.91 Å². The van der Waals surface area contributed by atoms with Gasteiger partial charge in [-0.2, -0.15) is 0 Å². The highest BCUT2D eigenvalue weighted by Crippen LogP contribution is 2.29. The van der Waals surface area contributed by atoms with Crippen molar-refractivity contribution in [2.75, 3.05) is 50.1 Å². The first kappa shape index (κ1) is 19.9. The van der Waals surface area contributed by atoms with Crippen LogP contribution in [-0.4, -0.2) is 56.6 Å². The van der Waals surface area contributed by atoms with Crippen molar-refractivity contribution >= 4 is 23.3 Å². The molecule has 3 rings (SSSR count). The van der Waals surface area contributed by atoms with Gasteiger partial charge in [0.05, 0.1) is 30.5 Å². The predicted molar refractivity (Wildman–Crippen MR) is 111 cm³/mol. The van der Waals surface area contributed by atoms with Gasteiger partial charge in [-0.1, -0.05) is 37.3 Å². The van der Waals surface area contributed by atoms with Gasteiger partial charge in [-0.25, -0.2) is 4.79 Å². The SMILES string of the molecule is CCN1CCN(c2ccc(C(=O)OC)cc2NC(=O)Cc2ccccc2)CC1. The zero-order valence-corrected chi connectivity index (χ0v) is 16.5. The van der Waals surface area contributed by atoms with Crippen LogP contribution in [0.3, 0.4) is 0 Å². The Labute approximate surface area is 166 Å². The highest BCUT2D eigenvalue weighted by Gasteiger charge is 2.20. The molecule has 0 atom stereocenters. The van der Waals surface area contributed by atoms with Crippen LogP contribution in [-0.2, 0) is 16.0 Å². The Kier molecular flexibility index (Phi) is 6.66. The van der Waals surface area contributed by atoms with Crippen LogP contribution in [0, 0.1) is 0 Å². The molecule has 6 heteroatoms. The summed E-state index contributed by atoms with van der Waals surface area (Å²) in [4.78, 5) is 29.2. The van der Waals surface area contributed by atoms with Crippen molar-refractivity contribution in [3.05, 3.63) is 59.7 Å². The fraction of sp³-hybridized carbons (Fsp3) is 0.364. The normalized spacial score (nSPS) is 14.6. The molecule has 2 aromatic carbocycles. The number of carbonyl (C=O) groups is 2. The second kappa shape index (κ2) is 9.37. The quantitative estimate of drug-likeness (QED) is 0.780. The number of rotatable bonds is 6. The topological polar surface area (TPSA) is 61.9 Å². The number of carbonyl (C=O) groups excluding carboxylic acids is 2. The monoisotopic (exact) mass is 381 g/mol. The number of ether oxygens (including phenoxy) is 1. The maximum atomic E-state index is 12.6. The number of methoxy groups -OCH3 is 1. The van der Waals surface area contributed by atoms with Crippen LogP contribution >= 0.6 is 0 Å². The number of piperazine rings is 1. The number of amides is 1. The molecule has 148 valence electrons. The fourth-order valence-corrected chi connectivity index (χ4v) is 3.44. The molecular weight excluding hydrogens is 354 g/mol. The third kappa shape index (κ3) is 4.89. The molecule has 1 amide bonds. The largest absolute Gasteiger partial charge is 0.465 e. The van der Waals surface area contributed by atoms with Crippen LogP contribution in [0.5, 0.6) is 0 Å². The summed E-state index contributed by atoms with van der Waals surface area (Å²) in [6.07, 6.45) is 0.284. The molecule has 1 aliphatic rings. The minimum atomic E-state index is -0.416. The number of hydrogen-bond donors (Lipinski definition) is 1. The molecule has 1 N–H and O–H groups in total. The smallest absolute Gasteiger partial charge is 0.337 e. The Morgan fingerprint density at radius 3 is 2.39 bits per heavy atom. The van der Waals surface area contributed by atoms with Crippen LogP contribution in [0.4, 0.5) is 11.4 Å². The zero-order chi connectivity index (χ0) is 19.9. The first-order valence-corrected chi connectivity index (χ1v) is 9.64. The predicted octanol–water partition coefficient (Wildman–Crippen LogP) is 2.80. The summed E-state index contributed by atoms with van der Waals surface area (Å²) in [5.74, 6) is -0.525. The molecule has 1 saturated heterocycles. The summed E-state index contributed by atoms with van der Waals surface area (Å²) in [6, 6.07) is 15.0. The highest BCUT2D eigenvalue weighted by molar-refractivity contribution is 5.98. The molecule has 0 saturated carbocycles. The van der Waals surface area contributed by atoms with Gasteiger partial charge in [-0.05, 0) is 30.3 Å². The summed E-state index contributed by atoms with van der Waals surface area (Å²) in [6.45, 7) is 6.92. The fourth-order valence-electron chi connectivity index (χ4n) is 3.44. The molecule has 6 nitrogen and oxygen atoms in total. The Hall–Kier alpha value is -2.86. The molecule has 0 aliphatic carbocycles. The van der Waals surface area contributed by atoms with E-state index in [1.807, 2.05) is 36.4 Å². The summed E-state index contributed by atoms with van der Waals surface area (Å²) < 4.78 is 4.83. The van der Waals surface area contributed by atoms with Gasteiger partial charge in [0.15, 0.2) is 0 Å². The van der Waals surface area contributed by atoms with Gasteiger partial charge < -0.3 is 19.9 Å². The first-order valence-electron chi connectivity index (χ1n) is 9.64. The Morgan fingerprint density at radius 2 is 1.75 bits per heavy atom. The van der Waals surface area contributed by atoms with Gasteiger partial charge >= 0.3 is 5.97 Å². The van der Waals surface area contributed by atoms with E-state index < -0.39 is 5.97 Å². The van der Waals surface area contributed by atoms with Gasteiger partial charge in [-0.15, -0.1) is 0 Å². The van der Waals surface area contributed by atoms with E-state index in [0.29, 0.717) is 11.3 Å². The number of nitrogens with zero attached hydrogens (tertiary/aromatic N) is 2. The van der Waals surface area contributed by atoms with Crippen LogP contribution in [0.2, 0.25) is 0 Å². The molecule has 0 bridgehead atoms. The molecule has 0 radical (unpaired) electrons. The lowest BCUT2D eigenvalue weighted by molar-refractivity contribution is -0.115. The van der Waals surface area contributed by atoms with Crippen LogP contribution in [0.15, 0.2) is 48.5 Å². The van der Waals surface area contributed by atoms with E-state index in [1.165, 1.54) is 7.11 Å². The van der Waals surface area contributed by atoms with E-state index in [4.69, 9.17) is 4.74 Å². The maximum absolute atomic E-state index is 12.6. The average molecular weight is 381 g/mol. The summed E-state index contributed by atoms with van der Waals surface area (Å²) >= 11 is 0. The molecule has 0 unspecified atom stereocenters. The molecule has 1 aliphatic heterocycles. The summed E-state index contributed by atoms with van der Waals surface area (Å²) in [7, 11) is 1.36. The molecular formula is C22H27N3O3. The van der Waals surface area contributed by atoms with E-state index in [2.05, 4.69) is 22.0 Å². The number of hydrogen-bond acceptors (Lipinski definition) is 5. The lowest BCUT2D eigenvalue weighted by Gasteiger charge is -2.36. The van der Waals surface area contributed by atoms with E-state index in [-0.39, 0.29) is 12.3 Å². The van der Waals surface area contributed by atoms with Gasteiger partial charge in [0.1, 0.15) is 0 Å². The molecule has 0 aromatic heterocycles. The average Bonchev–Trinajstić information content (AvgIpc) is 2.74. The molecule has 0 spiro atoms.